The summed E-state index contributed by atoms with van der Waals surface area (Å²) in [4.78, 5) is 8.34. The predicted octanol–water partition coefficient (Wildman–Crippen LogP) is 1.30. The van der Waals surface area contributed by atoms with Crippen molar-refractivity contribution in [2.45, 2.75) is 0 Å². The summed E-state index contributed by atoms with van der Waals surface area (Å²) in [5, 5.41) is 0. The molecule has 0 aliphatic heterocycles. The van der Waals surface area contributed by atoms with Crippen molar-refractivity contribution in [3.63, 3.8) is 0 Å². The third-order valence-corrected chi connectivity index (χ3v) is 1.41. The zero-order chi connectivity index (χ0) is 8.27. The molecule has 0 spiro atoms. The molecule has 3 N–H and O–H groups in total. The second-order valence-electron chi connectivity index (χ2n) is 1.90. The lowest BCUT2D eigenvalue weighted by Gasteiger charge is -1.91. The first-order valence-corrected chi connectivity index (χ1v) is 4.01. The molecule has 0 bridgehead atoms. The van der Waals surface area contributed by atoms with Gasteiger partial charge in [-0.15, -0.1) is 4.89 Å². The van der Waals surface area contributed by atoms with E-state index < -0.39 is 8.25 Å². The standard InChI is InChI=1S/C6H6NO3P/c7-5-2-1-3-6(4-5)10-11(8)9/h1-4H,7H2/p+1. The second-order valence-corrected chi connectivity index (χ2v) is 2.56. The fraction of sp³-hybridized carbons (Fsp3) is 0. The van der Waals surface area contributed by atoms with Crippen LogP contribution in [-0.2, 0) is 4.57 Å². The van der Waals surface area contributed by atoms with E-state index in [2.05, 4.69) is 4.52 Å². The molecular formula is C6H7NO3P+. The first-order chi connectivity index (χ1) is 5.18. The molecule has 0 radical (unpaired) electrons. The van der Waals surface area contributed by atoms with Crippen LogP contribution >= 0.6 is 8.25 Å². The first kappa shape index (κ1) is 7.98. The third-order valence-electron chi connectivity index (χ3n) is 1.04. The Morgan fingerprint density at radius 1 is 1.55 bits per heavy atom. The van der Waals surface area contributed by atoms with Gasteiger partial charge in [-0.25, -0.2) is 4.52 Å². The quantitative estimate of drug-likeness (QED) is 0.520. The van der Waals surface area contributed by atoms with Crippen LogP contribution in [0.5, 0.6) is 5.75 Å². The zero-order valence-corrected chi connectivity index (χ0v) is 6.49. The van der Waals surface area contributed by atoms with Crippen LogP contribution in [0.15, 0.2) is 24.3 Å². The van der Waals surface area contributed by atoms with E-state index in [1.807, 2.05) is 0 Å². The molecule has 0 aliphatic carbocycles. The minimum atomic E-state index is -2.59. The van der Waals surface area contributed by atoms with E-state index in [0.29, 0.717) is 11.4 Å². The molecule has 0 saturated carbocycles. The van der Waals surface area contributed by atoms with Gasteiger partial charge >= 0.3 is 8.25 Å². The highest BCUT2D eigenvalue weighted by atomic mass is 31.1. The van der Waals surface area contributed by atoms with Crippen molar-refractivity contribution in [1.82, 2.24) is 0 Å². The van der Waals surface area contributed by atoms with Gasteiger partial charge in [-0.05, 0) is 12.1 Å². The number of benzene rings is 1. The number of nitrogens with two attached hydrogens (primary N) is 1. The summed E-state index contributed by atoms with van der Waals surface area (Å²) in [7, 11) is -2.59. The Kier molecular flexibility index (Phi) is 2.41. The lowest BCUT2D eigenvalue weighted by molar-refractivity contribution is 0.410. The van der Waals surface area contributed by atoms with Gasteiger partial charge < -0.3 is 5.73 Å². The molecule has 0 amide bonds. The first-order valence-electron chi connectivity index (χ1n) is 2.88. The van der Waals surface area contributed by atoms with E-state index in [9.17, 15) is 4.57 Å². The summed E-state index contributed by atoms with van der Waals surface area (Å²) < 4.78 is 14.6. The summed E-state index contributed by atoms with van der Waals surface area (Å²) in [6.45, 7) is 0. The molecule has 0 fully saturated rings. The number of anilines is 1. The average molecular weight is 172 g/mol. The molecule has 1 rings (SSSR count). The van der Waals surface area contributed by atoms with Crippen LogP contribution in [0.4, 0.5) is 5.69 Å². The van der Waals surface area contributed by atoms with Gasteiger partial charge in [0.15, 0.2) is 5.75 Å². The Morgan fingerprint density at radius 3 is 2.82 bits per heavy atom. The Morgan fingerprint density at radius 2 is 2.27 bits per heavy atom. The molecule has 0 aliphatic rings. The van der Waals surface area contributed by atoms with Gasteiger partial charge in [0.2, 0.25) is 0 Å². The fourth-order valence-corrected chi connectivity index (χ4v) is 0.955. The van der Waals surface area contributed by atoms with Crippen LogP contribution in [0, 0.1) is 0 Å². The molecule has 1 atom stereocenters. The molecule has 0 heterocycles. The van der Waals surface area contributed by atoms with Gasteiger partial charge in [0, 0.05) is 16.3 Å². The maximum absolute atomic E-state index is 10.2. The zero-order valence-electron chi connectivity index (χ0n) is 5.60. The molecular weight excluding hydrogens is 165 g/mol. The van der Waals surface area contributed by atoms with Gasteiger partial charge in [-0.2, -0.15) is 0 Å². The Balaban J connectivity index is 2.79. The van der Waals surface area contributed by atoms with Crippen molar-refractivity contribution in [2.24, 2.45) is 0 Å². The van der Waals surface area contributed by atoms with Crippen molar-refractivity contribution < 1.29 is 14.0 Å². The van der Waals surface area contributed by atoms with E-state index >= 15 is 0 Å². The molecule has 58 valence electrons. The van der Waals surface area contributed by atoms with Crippen LogP contribution in [0.2, 0.25) is 0 Å². The van der Waals surface area contributed by atoms with Gasteiger partial charge in [0.1, 0.15) is 0 Å². The summed E-state index contributed by atoms with van der Waals surface area (Å²) in [6, 6.07) is 6.34. The molecule has 4 nitrogen and oxygen atoms in total. The third kappa shape index (κ3) is 2.53. The summed E-state index contributed by atoms with van der Waals surface area (Å²) >= 11 is 0. The molecule has 1 unspecified atom stereocenters. The molecule has 0 aromatic heterocycles. The molecule has 1 aromatic carbocycles. The number of hydrogen-bond acceptors (Lipinski definition) is 3. The number of nitrogen functional groups attached to an aromatic ring is 1. The summed E-state index contributed by atoms with van der Waals surface area (Å²) in [5.41, 5.74) is 5.88. The van der Waals surface area contributed by atoms with Crippen molar-refractivity contribution in [3.05, 3.63) is 24.3 Å². The molecule has 1 aromatic rings. The van der Waals surface area contributed by atoms with Crippen LogP contribution in [0.1, 0.15) is 0 Å². The highest BCUT2D eigenvalue weighted by Gasteiger charge is 2.13. The highest BCUT2D eigenvalue weighted by molar-refractivity contribution is 7.32. The van der Waals surface area contributed by atoms with Crippen molar-refractivity contribution in [2.75, 3.05) is 5.73 Å². The topological polar surface area (TPSA) is 72.5 Å². The summed E-state index contributed by atoms with van der Waals surface area (Å²) in [6.07, 6.45) is 0. The smallest absolute Gasteiger partial charge is 0.399 e. The van der Waals surface area contributed by atoms with Crippen LogP contribution in [0.3, 0.4) is 0 Å². The Hall–Kier alpha value is -1.12. The monoisotopic (exact) mass is 172 g/mol. The van der Waals surface area contributed by atoms with Crippen molar-refractivity contribution in [1.29, 1.82) is 0 Å². The van der Waals surface area contributed by atoms with E-state index in [-0.39, 0.29) is 0 Å². The van der Waals surface area contributed by atoms with Gasteiger partial charge in [-0.1, -0.05) is 6.07 Å². The molecule has 0 saturated heterocycles. The number of hydrogen-bond donors (Lipinski definition) is 2. The minimum Gasteiger partial charge on any atom is -0.399 e. The second kappa shape index (κ2) is 3.32. The lowest BCUT2D eigenvalue weighted by atomic mass is 10.3. The predicted molar refractivity (Wildman–Crippen MR) is 41.3 cm³/mol. The highest BCUT2D eigenvalue weighted by Crippen LogP contribution is 2.23. The van der Waals surface area contributed by atoms with E-state index in [0.717, 1.165) is 0 Å². The average Bonchev–Trinajstić information content (AvgIpc) is 1.85. The Bertz CT molecular complexity index is 276. The molecule has 5 heteroatoms. The van der Waals surface area contributed by atoms with E-state index in [4.69, 9.17) is 10.6 Å². The largest absolute Gasteiger partial charge is 0.747 e. The van der Waals surface area contributed by atoms with Gasteiger partial charge in [0.25, 0.3) is 0 Å². The van der Waals surface area contributed by atoms with Crippen LogP contribution < -0.4 is 10.3 Å². The summed E-state index contributed by atoms with van der Waals surface area (Å²) in [5.74, 6) is 0.300. The van der Waals surface area contributed by atoms with Crippen molar-refractivity contribution in [3.8, 4) is 5.75 Å². The Labute approximate surface area is 64.6 Å². The molecule has 11 heavy (non-hydrogen) atoms. The van der Waals surface area contributed by atoms with E-state index in [1.54, 1.807) is 18.2 Å². The minimum absolute atomic E-state index is 0.300. The lowest BCUT2D eigenvalue weighted by Crippen LogP contribution is -1.85. The fourth-order valence-electron chi connectivity index (χ4n) is 0.662. The van der Waals surface area contributed by atoms with Crippen LogP contribution in [0.25, 0.3) is 0 Å². The normalized spacial score (nSPS) is 10.8. The van der Waals surface area contributed by atoms with Gasteiger partial charge in [-0.3, -0.25) is 0 Å². The van der Waals surface area contributed by atoms with Crippen LogP contribution in [-0.4, -0.2) is 4.89 Å². The maximum Gasteiger partial charge on any atom is 0.747 e. The van der Waals surface area contributed by atoms with Gasteiger partial charge in [0.05, 0.1) is 0 Å². The number of rotatable bonds is 2. The SMILES string of the molecule is Nc1cccc(O[P+](=O)O)c1. The van der Waals surface area contributed by atoms with E-state index in [1.165, 1.54) is 6.07 Å². The maximum atomic E-state index is 10.2. The van der Waals surface area contributed by atoms with Crippen molar-refractivity contribution >= 4 is 13.9 Å².